The average molecular weight is 290 g/mol. The molecule has 1 aromatic carbocycles. The van der Waals surface area contributed by atoms with Crippen molar-refractivity contribution < 1.29 is 0 Å². The quantitative estimate of drug-likeness (QED) is 0.803. The van der Waals surface area contributed by atoms with E-state index in [0.29, 0.717) is 0 Å². The number of aromatic nitrogens is 2. The van der Waals surface area contributed by atoms with Crippen LogP contribution in [0, 0.1) is 0 Å². The Morgan fingerprint density at radius 3 is 3.00 bits per heavy atom. The van der Waals surface area contributed by atoms with E-state index in [1.165, 1.54) is 5.56 Å². The molecule has 0 aliphatic rings. The van der Waals surface area contributed by atoms with E-state index in [0.717, 1.165) is 21.1 Å². The molecule has 62 valence electrons. The number of benzene rings is 1. The van der Waals surface area contributed by atoms with Gasteiger partial charge in [-0.3, -0.25) is 0 Å². The van der Waals surface area contributed by atoms with E-state index in [1.54, 1.807) is 0 Å². The Bertz CT molecular complexity index is 408. The van der Waals surface area contributed by atoms with Crippen molar-refractivity contribution in [1.29, 1.82) is 0 Å². The fraction of sp³-hybridized carbons (Fsp3) is 0.125. The van der Waals surface area contributed by atoms with Crippen LogP contribution in [0.1, 0.15) is 5.56 Å². The number of aromatic amines is 1. The maximum Gasteiger partial charge on any atom is 0.175 e. The molecule has 2 rings (SSSR count). The van der Waals surface area contributed by atoms with Crippen molar-refractivity contribution in [2.45, 2.75) is 5.33 Å². The molecule has 0 unspecified atom stereocenters. The summed E-state index contributed by atoms with van der Waals surface area (Å²) in [5.74, 6) is 0. The van der Waals surface area contributed by atoms with E-state index in [4.69, 9.17) is 0 Å². The molecule has 0 aliphatic heterocycles. The first kappa shape index (κ1) is 8.26. The summed E-state index contributed by atoms with van der Waals surface area (Å²) in [6.07, 6.45) is 0. The molecule has 0 spiro atoms. The van der Waals surface area contributed by atoms with Crippen molar-refractivity contribution >= 4 is 42.9 Å². The molecule has 0 amide bonds. The van der Waals surface area contributed by atoms with Crippen LogP contribution < -0.4 is 0 Å². The number of nitrogens with zero attached hydrogens (tertiary/aromatic N) is 1. The lowest BCUT2D eigenvalue weighted by Gasteiger charge is -1.94. The van der Waals surface area contributed by atoms with E-state index in [-0.39, 0.29) is 0 Å². The first-order valence-electron chi connectivity index (χ1n) is 3.50. The molecule has 1 N–H and O–H groups in total. The number of H-pyrrole nitrogens is 1. The summed E-state index contributed by atoms with van der Waals surface area (Å²) in [7, 11) is 0. The third-order valence-electron chi connectivity index (χ3n) is 1.71. The van der Waals surface area contributed by atoms with Gasteiger partial charge in [-0.05, 0) is 27.6 Å². The van der Waals surface area contributed by atoms with Crippen LogP contribution in [0.4, 0.5) is 0 Å². The molecule has 1 heterocycles. The number of imidazole rings is 1. The number of halogens is 2. The molecule has 1 aromatic heterocycles. The maximum absolute atomic E-state index is 4.32. The van der Waals surface area contributed by atoms with E-state index >= 15 is 0 Å². The van der Waals surface area contributed by atoms with E-state index in [9.17, 15) is 0 Å². The normalized spacial score (nSPS) is 10.8. The first-order chi connectivity index (χ1) is 5.81. The molecule has 0 saturated carbocycles. The van der Waals surface area contributed by atoms with Gasteiger partial charge in [-0.1, -0.05) is 28.1 Å². The van der Waals surface area contributed by atoms with Gasteiger partial charge in [0.2, 0.25) is 0 Å². The third-order valence-corrected chi connectivity index (χ3v) is 2.69. The summed E-state index contributed by atoms with van der Waals surface area (Å²) in [6.45, 7) is 0. The highest BCUT2D eigenvalue weighted by Gasteiger charge is 2.03. The van der Waals surface area contributed by atoms with Gasteiger partial charge in [0.1, 0.15) is 0 Å². The highest BCUT2D eigenvalue weighted by molar-refractivity contribution is 9.10. The molecule has 4 heteroatoms. The van der Waals surface area contributed by atoms with Gasteiger partial charge in [-0.15, -0.1) is 0 Å². The van der Waals surface area contributed by atoms with Crippen LogP contribution >= 0.6 is 31.9 Å². The summed E-state index contributed by atoms with van der Waals surface area (Å²) in [4.78, 5) is 7.43. The van der Waals surface area contributed by atoms with Gasteiger partial charge in [0.05, 0.1) is 11.0 Å². The van der Waals surface area contributed by atoms with Gasteiger partial charge in [0.15, 0.2) is 4.73 Å². The van der Waals surface area contributed by atoms with Gasteiger partial charge in [-0.2, -0.15) is 0 Å². The molecule has 0 aliphatic carbocycles. The Balaban J connectivity index is 2.78. The smallest absolute Gasteiger partial charge is 0.175 e. The first-order valence-corrected chi connectivity index (χ1v) is 5.42. The highest BCUT2D eigenvalue weighted by atomic mass is 79.9. The maximum atomic E-state index is 4.32. The zero-order chi connectivity index (χ0) is 8.55. The fourth-order valence-electron chi connectivity index (χ4n) is 1.17. The van der Waals surface area contributed by atoms with Crippen LogP contribution in [-0.4, -0.2) is 9.97 Å². The Kier molecular flexibility index (Phi) is 2.19. The lowest BCUT2D eigenvalue weighted by atomic mass is 10.2. The molecule has 0 radical (unpaired) electrons. The van der Waals surface area contributed by atoms with Gasteiger partial charge >= 0.3 is 0 Å². The summed E-state index contributed by atoms with van der Waals surface area (Å²) in [5.41, 5.74) is 3.30. The van der Waals surface area contributed by atoms with Crippen molar-refractivity contribution in [3.63, 3.8) is 0 Å². The molecular formula is C8H6Br2N2. The summed E-state index contributed by atoms with van der Waals surface area (Å²) < 4.78 is 0.783. The number of rotatable bonds is 1. The van der Waals surface area contributed by atoms with Crippen LogP contribution in [0.3, 0.4) is 0 Å². The third kappa shape index (κ3) is 1.29. The van der Waals surface area contributed by atoms with Gasteiger partial charge in [-0.25, -0.2) is 4.98 Å². The minimum Gasteiger partial charge on any atom is -0.332 e. The Hall–Kier alpha value is -0.350. The second-order valence-electron chi connectivity index (χ2n) is 2.47. The molecule has 0 bridgehead atoms. The lowest BCUT2D eigenvalue weighted by Crippen LogP contribution is -1.79. The molecule has 12 heavy (non-hydrogen) atoms. The zero-order valence-corrected chi connectivity index (χ0v) is 9.31. The largest absolute Gasteiger partial charge is 0.332 e. The Morgan fingerprint density at radius 1 is 1.42 bits per heavy atom. The molecular weight excluding hydrogens is 284 g/mol. The van der Waals surface area contributed by atoms with Crippen molar-refractivity contribution in [2.75, 3.05) is 0 Å². The lowest BCUT2D eigenvalue weighted by molar-refractivity contribution is 1.26. The van der Waals surface area contributed by atoms with Gasteiger partial charge in [0.25, 0.3) is 0 Å². The van der Waals surface area contributed by atoms with Crippen molar-refractivity contribution in [2.24, 2.45) is 0 Å². The van der Waals surface area contributed by atoms with Gasteiger partial charge < -0.3 is 4.98 Å². The standard InChI is InChI=1S/C8H6Br2N2/c9-4-5-2-1-3-6-7(5)12-8(10)11-6/h1-3H,4H2,(H,11,12). The van der Waals surface area contributed by atoms with Crippen LogP contribution in [0.5, 0.6) is 0 Å². The minimum atomic E-state index is 0.783. The summed E-state index contributed by atoms with van der Waals surface area (Å²) >= 11 is 6.72. The number of nitrogens with one attached hydrogen (secondary N) is 1. The summed E-state index contributed by atoms with van der Waals surface area (Å²) in [5, 5.41) is 0.835. The van der Waals surface area contributed by atoms with E-state index in [2.05, 4.69) is 47.9 Å². The summed E-state index contributed by atoms with van der Waals surface area (Å²) in [6, 6.07) is 6.09. The molecule has 2 aromatic rings. The SMILES string of the molecule is BrCc1cccc2[nH]c(Br)nc12. The highest BCUT2D eigenvalue weighted by Crippen LogP contribution is 2.20. The second kappa shape index (κ2) is 3.18. The van der Waals surface area contributed by atoms with Crippen LogP contribution in [0.2, 0.25) is 0 Å². The topological polar surface area (TPSA) is 28.7 Å². The Labute approximate surface area is 86.6 Å². The average Bonchev–Trinajstić information content (AvgIpc) is 2.44. The number of hydrogen-bond acceptors (Lipinski definition) is 1. The zero-order valence-electron chi connectivity index (χ0n) is 6.14. The van der Waals surface area contributed by atoms with Crippen molar-refractivity contribution in [3.05, 3.63) is 28.5 Å². The van der Waals surface area contributed by atoms with Crippen LogP contribution in [-0.2, 0) is 5.33 Å². The Morgan fingerprint density at radius 2 is 2.25 bits per heavy atom. The van der Waals surface area contributed by atoms with E-state index in [1.807, 2.05) is 12.1 Å². The van der Waals surface area contributed by atoms with Crippen molar-refractivity contribution in [3.8, 4) is 0 Å². The molecule has 0 atom stereocenters. The van der Waals surface area contributed by atoms with E-state index < -0.39 is 0 Å². The number of fused-ring (bicyclic) bond motifs is 1. The number of alkyl halides is 1. The molecule has 0 fully saturated rings. The predicted molar refractivity (Wildman–Crippen MR) is 56.4 cm³/mol. The predicted octanol–water partition coefficient (Wildman–Crippen LogP) is 3.22. The molecule has 0 saturated heterocycles. The molecule has 2 nitrogen and oxygen atoms in total. The number of para-hydroxylation sites is 1. The fourth-order valence-corrected chi connectivity index (χ4v) is 2.01. The number of hydrogen-bond donors (Lipinski definition) is 1. The minimum absolute atomic E-state index is 0.783. The monoisotopic (exact) mass is 288 g/mol. The van der Waals surface area contributed by atoms with Gasteiger partial charge in [0, 0.05) is 5.33 Å². The van der Waals surface area contributed by atoms with Crippen LogP contribution in [0.15, 0.2) is 22.9 Å². The second-order valence-corrected chi connectivity index (χ2v) is 3.79. The van der Waals surface area contributed by atoms with Crippen LogP contribution in [0.25, 0.3) is 11.0 Å². The van der Waals surface area contributed by atoms with Crippen molar-refractivity contribution in [1.82, 2.24) is 9.97 Å².